The van der Waals surface area contributed by atoms with E-state index in [1.54, 1.807) is 94.1 Å². The van der Waals surface area contributed by atoms with Crippen LogP contribution in [-0.2, 0) is 66.3 Å². The summed E-state index contributed by atoms with van der Waals surface area (Å²) in [5.41, 5.74) is 6.69. The second-order valence-corrected chi connectivity index (χ2v) is 21.4. The Kier molecular flexibility index (Phi) is 24.1. The van der Waals surface area contributed by atoms with E-state index in [4.69, 9.17) is 15.0 Å². The Morgan fingerprint density at radius 1 is 0.662 bits per heavy atom. The number of nitrogens with one attached hydrogen (secondary N) is 8. The maximum absolute atomic E-state index is 14.4. The minimum absolute atomic E-state index is 0.00608. The van der Waals surface area contributed by atoms with Gasteiger partial charge in [0.15, 0.2) is 0 Å². The Balaban J connectivity index is 1.54. The molecule has 8 amide bonds. The van der Waals surface area contributed by atoms with Crippen LogP contribution in [0.4, 0.5) is 4.79 Å². The summed E-state index contributed by atoms with van der Waals surface area (Å²) in [5.74, 6) is -6.97. The van der Waals surface area contributed by atoms with E-state index >= 15 is 0 Å². The van der Waals surface area contributed by atoms with Gasteiger partial charge in [0.2, 0.25) is 41.4 Å². The Bertz CT molecular complexity index is 2810. The number of aromatic amines is 1. The van der Waals surface area contributed by atoms with Crippen LogP contribution in [0, 0.1) is 0 Å². The number of para-hydroxylation sites is 1. The highest BCUT2D eigenvalue weighted by atomic mass is 32.3. The van der Waals surface area contributed by atoms with Crippen molar-refractivity contribution in [1.82, 2.24) is 42.2 Å². The number of hydrogen-bond donors (Lipinski definition) is 11. The standard InChI is InChI=1S/C50H65N9O15S3/c1-50(2,3)73-49(69)59-38(23-29-15-17-32(18-16-29)74-77(70,71)72)46(66)55-35(19-21-75-4)44(64)53-28-42(61)54-39(24-31-27-52-34-14-10-9-13-33(31)34)47(67)56-36(20-22-76-5)45(65)58-40(26-43(62)63)48(68)57-37(25-41(51)60)30-11-7-6-8-12-30/h6-18,27,35-40,52H,19-26,28H2,1-5H3,(H2,51,60)(H,53,64)(H,54,61)(H,55,66)(H,56,67)(H,57,68)(H,58,65)(H,59,69)(H,62,63)(H,70,71,72)/t35-,36+,37+,38-,39-,40-/m0/s1. The lowest BCUT2D eigenvalue weighted by Gasteiger charge is -2.26. The average Bonchev–Trinajstić information content (AvgIpc) is 3.76. The Morgan fingerprint density at radius 3 is 1.78 bits per heavy atom. The lowest BCUT2D eigenvalue weighted by Crippen LogP contribution is -2.58. The van der Waals surface area contributed by atoms with Gasteiger partial charge in [0.25, 0.3) is 0 Å². The smallest absolute Gasteiger partial charge is 0.446 e. The molecule has 0 fully saturated rings. The van der Waals surface area contributed by atoms with Crippen LogP contribution < -0.4 is 47.1 Å². The molecule has 6 atom stereocenters. The molecule has 4 aromatic rings. The van der Waals surface area contributed by atoms with Gasteiger partial charge in [-0.05, 0) is 92.5 Å². The highest BCUT2D eigenvalue weighted by Gasteiger charge is 2.34. The van der Waals surface area contributed by atoms with Crippen molar-refractivity contribution in [1.29, 1.82) is 0 Å². The Labute approximate surface area is 453 Å². The molecule has 0 radical (unpaired) electrons. The molecule has 27 heteroatoms. The van der Waals surface area contributed by atoms with Crippen LogP contribution in [0.2, 0.25) is 0 Å². The van der Waals surface area contributed by atoms with Crippen molar-refractivity contribution in [2.75, 3.05) is 30.6 Å². The third-order valence-electron chi connectivity index (χ3n) is 11.2. The van der Waals surface area contributed by atoms with E-state index in [-0.39, 0.29) is 37.9 Å². The molecule has 0 aliphatic heterocycles. The van der Waals surface area contributed by atoms with E-state index in [2.05, 4.69) is 46.4 Å². The average molecular weight is 1130 g/mol. The van der Waals surface area contributed by atoms with Crippen molar-refractivity contribution < 1.29 is 70.1 Å². The van der Waals surface area contributed by atoms with Crippen LogP contribution >= 0.6 is 23.5 Å². The van der Waals surface area contributed by atoms with E-state index in [9.17, 15) is 56.7 Å². The SMILES string of the molecule is CSCC[C@H](NC(=O)[C@H](Cc1ccc(OS(=O)(=O)O)cc1)NC(=O)OC(C)(C)C)C(=O)NCC(=O)N[C@@H](Cc1c[nH]c2ccccc12)C(=O)N[C@H](CCSC)C(=O)N[C@@H](CC(=O)O)C(=O)N[C@H](CC(N)=O)c1ccccc1. The van der Waals surface area contributed by atoms with Crippen LogP contribution in [0.3, 0.4) is 0 Å². The molecule has 0 spiro atoms. The van der Waals surface area contributed by atoms with Gasteiger partial charge >= 0.3 is 22.5 Å². The number of alkyl carbamates (subject to hydrolysis) is 1. The van der Waals surface area contributed by atoms with Crippen LogP contribution in [0.1, 0.15) is 69.2 Å². The molecule has 0 bridgehead atoms. The van der Waals surface area contributed by atoms with Gasteiger partial charge in [0, 0.05) is 29.9 Å². The van der Waals surface area contributed by atoms with Crippen molar-refractivity contribution in [3.63, 3.8) is 0 Å². The van der Waals surface area contributed by atoms with Crippen LogP contribution in [0.5, 0.6) is 5.75 Å². The fourth-order valence-electron chi connectivity index (χ4n) is 7.58. The number of carbonyl (C=O) groups is 9. The summed E-state index contributed by atoms with van der Waals surface area (Å²) in [6.07, 6.45) is 2.71. The molecule has 418 valence electrons. The number of amides is 8. The van der Waals surface area contributed by atoms with Gasteiger partial charge in [-0.3, -0.25) is 42.9 Å². The number of aromatic nitrogens is 1. The van der Waals surface area contributed by atoms with E-state index in [0.717, 1.165) is 5.52 Å². The first-order valence-corrected chi connectivity index (χ1v) is 28.1. The summed E-state index contributed by atoms with van der Waals surface area (Å²) in [4.78, 5) is 124. The number of carbonyl (C=O) groups excluding carboxylic acids is 8. The van der Waals surface area contributed by atoms with Gasteiger partial charge in [-0.25, -0.2) is 4.79 Å². The van der Waals surface area contributed by atoms with Gasteiger partial charge in [-0.15, -0.1) is 0 Å². The van der Waals surface area contributed by atoms with Crippen molar-refractivity contribution >= 4 is 98.2 Å². The number of nitrogens with two attached hydrogens (primary N) is 1. The summed E-state index contributed by atoms with van der Waals surface area (Å²) in [6, 6.07) is 12.6. The van der Waals surface area contributed by atoms with Crippen LogP contribution in [0.15, 0.2) is 85.1 Å². The predicted octanol–water partition coefficient (Wildman–Crippen LogP) is 1.80. The maximum atomic E-state index is 14.4. The van der Waals surface area contributed by atoms with E-state index < -0.39 is 119 Å². The van der Waals surface area contributed by atoms with Gasteiger partial charge in [0.1, 0.15) is 41.6 Å². The second kappa shape index (κ2) is 29.8. The molecule has 12 N–H and O–H groups in total. The number of rotatable bonds is 30. The molecule has 77 heavy (non-hydrogen) atoms. The topological polar surface area (TPSA) is 373 Å². The predicted molar refractivity (Wildman–Crippen MR) is 288 cm³/mol. The van der Waals surface area contributed by atoms with Crippen molar-refractivity contribution in [2.24, 2.45) is 5.73 Å². The largest absolute Gasteiger partial charge is 0.481 e. The number of carboxylic acids is 1. The number of benzene rings is 3. The first-order valence-electron chi connectivity index (χ1n) is 24.0. The monoisotopic (exact) mass is 1130 g/mol. The number of hydrogen-bond acceptors (Lipinski definition) is 15. The summed E-state index contributed by atoms with van der Waals surface area (Å²) >= 11 is 2.69. The highest BCUT2D eigenvalue weighted by molar-refractivity contribution is 7.98. The number of primary amides is 1. The Hall–Kier alpha value is -7.36. The number of H-pyrrole nitrogens is 1. The zero-order valence-corrected chi connectivity index (χ0v) is 45.4. The fourth-order valence-corrected chi connectivity index (χ4v) is 8.88. The molecule has 24 nitrogen and oxygen atoms in total. The highest BCUT2D eigenvalue weighted by Crippen LogP contribution is 2.21. The molecule has 1 aromatic heterocycles. The third kappa shape index (κ3) is 22.0. The zero-order chi connectivity index (χ0) is 56.9. The fraction of sp³-hybridized carbons (Fsp3) is 0.420. The molecule has 1 heterocycles. The number of thioether (sulfide) groups is 2. The molecule has 0 saturated carbocycles. The second-order valence-electron chi connectivity index (χ2n) is 18.4. The number of fused-ring (bicyclic) bond motifs is 1. The molecular weight excluding hydrogens is 1060 g/mol. The van der Waals surface area contributed by atoms with E-state index in [1.165, 1.54) is 47.8 Å². The van der Waals surface area contributed by atoms with Crippen LogP contribution in [-0.4, -0.2) is 143 Å². The van der Waals surface area contributed by atoms with Gasteiger partial charge in [0.05, 0.1) is 25.4 Å². The maximum Gasteiger partial charge on any atom is 0.446 e. The summed E-state index contributed by atoms with van der Waals surface area (Å²) in [6.45, 7) is 4.12. The lowest BCUT2D eigenvalue weighted by atomic mass is 10.0. The first-order chi connectivity index (χ1) is 36.3. The minimum atomic E-state index is -4.83. The summed E-state index contributed by atoms with van der Waals surface area (Å²) < 4.78 is 41.3. The number of ether oxygens (including phenoxy) is 1. The van der Waals surface area contributed by atoms with Crippen molar-refractivity contribution in [3.8, 4) is 5.75 Å². The molecule has 3 aromatic carbocycles. The summed E-state index contributed by atoms with van der Waals surface area (Å²) in [5, 5.41) is 28.4. The molecular formula is C50H65N9O15S3. The number of carboxylic acid groups (broad SMARTS) is 1. The zero-order valence-electron chi connectivity index (χ0n) is 42.9. The van der Waals surface area contributed by atoms with E-state index in [1.807, 2.05) is 0 Å². The first kappa shape index (κ1) is 62.2. The Morgan fingerprint density at radius 2 is 1.21 bits per heavy atom. The number of aliphatic carboxylic acids is 1. The van der Waals surface area contributed by atoms with E-state index in [0.29, 0.717) is 33.6 Å². The molecule has 0 aliphatic carbocycles. The van der Waals surface area contributed by atoms with Crippen molar-refractivity contribution in [3.05, 3.63) is 102 Å². The molecule has 4 rings (SSSR count). The minimum Gasteiger partial charge on any atom is -0.481 e. The van der Waals surface area contributed by atoms with Crippen molar-refractivity contribution in [2.45, 2.75) is 101 Å². The lowest BCUT2D eigenvalue weighted by molar-refractivity contribution is -0.141. The molecule has 0 saturated heterocycles. The quantitative estimate of drug-likeness (QED) is 0.0332. The van der Waals surface area contributed by atoms with Gasteiger partial charge in [-0.1, -0.05) is 60.7 Å². The summed E-state index contributed by atoms with van der Waals surface area (Å²) in [7, 11) is -4.83. The molecule has 0 unspecified atom stereocenters. The van der Waals surface area contributed by atoms with Gasteiger partial charge in [-0.2, -0.15) is 31.9 Å². The third-order valence-corrected chi connectivity index (χ3v) is 12.9. The van der Waals surface area contributed by atoms with Crippen LogP contribution in [0.25, 0.3) is 10.9 Å². The van der Waals surface area contributed by atoms with Gasteiger partial charge < -0.3 is 62.0 Å². The molecule has 0 aliphatic rings. The normalized spacial score (nSPS) is 13.7.